The number of benzene rings is 2. The zero-order valence-electron chi connectivity index (χ0n) is 18.4. The Morgan fingerprint density at radius 2 is 1.39 bits per heavy atom. The molecule has 4 nitrogen and oxygen atoms in total. The van der Waals surface area contributed by atoms with Gasteiger partial charge in [0.1, 0.15) is 0 Å². The molecule has 5 heteroatoms. The number of halogens is 1. The van der Waals surface area contributed by atoms with Gasteiger partial charge in [-0.2, -0.15) is 0 Å². The Morgan fingerprint density at radius 3 is 2.10 bits per heavy atom. The van der Waals surface area contributed by atoms with Crippen LogP contribution < -0.4 is 5.32 Å². The number of nitrogens with one attached hydrogen (secondary N) is 1. The maximum Gasteiger partial charge on any atom is 0.224 e. The number of likely N-dealkylation sites (tertiary alicyclic amines) is 2. The van der Waals surface area contributed by atoms with Gasteiger partial charge in [0.25, 0.3) is 0 Å². The van der Waals surface area contributed by atoms with E-state index in [-0.39, 0.29) is 11.8 Å². The third kappa shape index (κ3) is 6.80. The van der Waals surface area contributed by atoms with Crippen LogP contribution in [0.1, 0.15) is 48.8 Å². The number of carbonyl (C=O) groups excluding carboxylic acids is 1. The summed E-state index contributed by atoms with van der Waals surface area (Å²) in [5.41, 5.74) is 3.78. The highest BCUT2D eigenvalue weighted by molar-refractivity contribution is 6.30. The zero-order chi connectivity index (χ0) is 21.5. The van der Waals surface area contributed by atoms with Gasteiger partial charge in [0.2, 0.25) is 5.91 Å². The molecule has 166 valence electrons. The summed E-state index contributed by atoms with van der Waals surface area (Å²) in [6.07, 6.45) is 6.05. The van der Waals surface area contributed by atoms with Crippen molar-refractivity contribution in [1.82, 2.24) is 15.1 Å². The zero-order valence-corrected chi connectivity index (χ0v) is 19.1. The fraction of sp³-hybridized carbons (Fsp3) is 0.500. The van der Waals surface area contributed by atoms with E-state index in [1.165, 1.54) is 49.0 Å². The summed E-state index contributed by atoms with van der Waals surface area (Å²) in [6, 6.07) is 16.8. The molecule has 1 unspecified atom stereocenters. The maximum atomic E-state index is 12.8. The lowest BCUT2D eigenvalue weighted by molar-refractivity contribution is -0.126. The molecule has 0 radical (unpaired) electrons. The van der Waals surface area contributed by atoms with E-state index < -0.39 is 0 Å². The highest BCUT2D eigenvalue weighted by Crippen LogP contribution is 2.20. The summed E-state index contributed by atoms with van der Waals surface area (Å²) in [5.74, 6) is 0.248. The van der Waals surface area contributed by atoms with Crippen molar-refractivity contribution in [3.63, 3.8) is 0 Å². The molecule has 1 N–H and O–H groups in total. The number of rotatable bonds is 7. The molecule has 2 fully saturated rings. The minimum absolute atomic E-state index is 0.0689. The van der Waals surface area contributed by atoms with Crippen molar-refractivity contribution >= 4 is 17.5 Å². The van der Waals surface area contributed by atoms with E-state index in [1.807, 2.05) is 12.1 Å². The number of hydrogen-bond donors (Lipinski definition) is 1. The molecule has 0 aliphatic carbocycles. The van der Waals surface area contributed by atoms with Crippen LogP contribution in [0.5, 0.6) is 0 Å². The van der Waals surface area contributed by atoms with Crippen LogP contribution in [-0.4, -0.2) is 41.9 Å². The Morgan fingerprint density at radius 1 is 0.806 bits per heavy atom. The second kappa shape index (κ2) is 11.1. The molecule has 2 aliphatic rings. The third-order valence-corrected chi connectivity index (χ3v) is 6.79. The smallest absolute Gasteiger partial charge is 0.224 e. The van der Waals surface area contributed by atoms with Crippen molar-refractivity contribution in [3.05, 3.63) is 70.2 Å². The quantitative estimate of drug-likeness (QED) is 0.669. The lowest BCUT2D eigenvalue weighted by Gasteiger charge is -2.32. The summed E-state index contributed by atoms with van der Waals surface area (Å²) in [4.78, 5) is 17.7. The predicted molar refractivity (Wildman–Crippen MR) is 127 cm³/mol. The first kappa shape index (κ1) is 22.3. The van der Waals surface area contributed by atoms with Gasteiger partial charge in [0, 0.05) is 31.2 Å². The minimum Gasteiger partial charge on any atom is -0.352 e. The van der Waals surface area contributed by atoms with Crippen molar-refractivity contribution in [2.75, 3.05) is 26.2 Å². The Bertz CT molecular complexity index is 831. The molecule has 4 rings (SSSR count). The van der Waals surface area contributed by atoms with Gasteiger partial charge in [-0.25, -0.2) is 0 Å². The normalized spacial score (nSPS) is 20.5. The van der Waals surface area contributed by atoms with Crippen LogP contribution in [-0.2, 0) is 24.4 Å². The molecule has 0 aromatic heterocycles. The van der Waals surface area contributed by atoms with E-state index in [2.05, 4.69) is 51.5 Å². The van der Waals surface area contributed by atoms with Crippen LogP contribution in [0.2, 0.25) is 5.02 Å². The standard InChI is InChI=1S/C26H34ClN3O/c27-25-12-10-23(11-13-25)19-30-16-4-5-24(20-30)26(31)28-17-21-6-8-22(9-7-21)18-29-14-2-1-3-15-29/h6-13,24H,1-5,14-20H2,(H,28,31). The summed E-state index contributed by atoms with van der Waals surface area (Å²) in [6.45, 7) is 6.82. The van der Waals surface area contributed by atoms with Crippen LogP contribution in [0.3, 0.4) is 0 Å². The first-order chi connectivity index (χ1) is 15.2. The molecule has 2 aromatic carbocycles. The SMILES string of the molecule is O=C(NCc1ccc(CN2CCCCC2)cc1)C1CCCN(Cc2ccc(Cl)cc2)C1. The van der Waals surface area contributed by atoms with Gasteiger partial charge in [0.15, 0.2) is 0 Å². The van der Waals surface area contributed by atoms with Crippen molar-refractivity contribution in [2.24, 2.45) is 5.92 Å². The molecule has 2 aromatic rings. The monoisotopic (exact) mass is 439 g/mol. The molecule has 0 bridgehead atoms. The molecule has 0 spiro atoms. The Labute approximate surface area is 191 Å². The lowest BCUT2D eigenvalue weighted by atomic mass is 9.96. The van der Waals surface area contributed by atoms with E-state index in [1.54, 1.807) is 0 Å². The van der Waals surface area contributed by atoms with Crippen molar-refractivity contribution in [3.8, 4) is 0 Å². The van der Waals surface area contributed by atoms with Gasteiger partial charge >= 0.3 is 0 Å². The van der Waals surface area contributed by atoms with Crippen molar-refractivity contribution in [1.29, 1.82) is 0 Å². The molecule has 1 amide bonds. The highest BCUT2D eigenvalue weighted by atomic mass is 35.5. The summed E-state index contributed by atoms with van der Waals surface area (Å²) >= 11 is 5.99. The van der Waals surface area contributed by atoms with Crippen molar-refractivity contribution in [2.45, 2.75) is 51.7 Å². The third-order valence-electron chi connectivity index (χ3n) is 6.54. The number of hydrogen-bond acceptors (Lipinski definition) is 3. The van der Waals surface area contributed by atoms with Crippen molar-refractivity contribution < 1.29 is 4.79 Å². The molecule has 2 saturated heterocycles. The van der Waals surface area contributed by atoms with Gasteiger partial charge in [-0.15, -0.1) is 0 Å². The number of carbonyl (C=O) groups is 1. The number of amides is 1. The molecule has 2 aliphatic heterocycles. The number of piperidine rings is 2. The average molecular weight is 440 g/mol. The first-order valence-electron chi connectivity index (χ1n) is 11.7. The second-order valence-electron chi connectivity index (χ2n) is 9.07. The van der Waals surface area contributed by atoms with Gasteiger partial charge < -0.3 is 5.32 Å². The fourth-order valence-corrected chi connectivity index (χ4v) is 4.86. The van der Waals surface area contributed by atoms with E-state index >= 15 is 0 Å². The fourth-order valence-electron chi connectivity index (χ4n) is 4.73. The van der Waals surface area contributed by atoms with Gasteiger partial charge in [-0.05, 0) is 74.1 Å². The predicted octanol–water partition coefficient (Wildman–Crippen LogP) is 4.85. The maximum absolute atomic E-state index is 12.8. The lowest BCUT2D eigenvalue weighted by Crippen LogP contribution is -2.42. The largest absolute Gasteiger partial charge is 0.352 e. The van der Waals surface area contributed by atoms with E-state index in [4.69, 9.17) is 11.6 Å². The molecule has 31 heavy (non-hydrogen) atoms. The molecule has 0 saturated carbocycles. The second-order valence-corrected chi connectivity index (χ2v) is 9.51. The molecular formula is C26H34ClN3O. The highest BCUT2D eigenvalue weighted by Gasteiger charge is 2.25. The minimum atomic E-state index is 0.0689. The molecule has 1 atom stereocenters. The van der Waals surface area contributed by atoms with Gasteiger partial charge in [-0.1, -0.05) is 54.4 Å². The Balaban J connectivity index is 1.22. The van der Waals surface area contributed by atoms with Crippen LogP contribution in [0, 0.1) is 5.92 Å². The Kier molecular flexibility index (Phi) is 8.01. The summed E-state index contributed by atoms with van der Waals surface area (Å²) in [7, 11) is 0. The number of nitrogens with zero attached hydrogens (tertiary/aromatic N) is 2. The first-order valence-corrected chi connectivity index (χ1v) is 12.1. The summed E-state index contributed by atoms with van der Waals surface area (Å²) < 4.78 is 0. The molecule has 2 heterocycles. The topological polar surface area (TPSA) is 35.6 Å². The van der Waals surface area contributed by atoms with Crippen LogP contribution >= 0.6 is 11.6 Å². The molecular weight excluding hydrogens is 406 g/mol. The summed E-state index contributed by atoms with van der Waals surface area (Å²) in [5, 5.41) is 3.93. The van der Waals surface area contributed by atoms with Crippen LogP contribution in [0.25, 0.3) is 0 Å². The van der Waals surface area contributed by atoms with E-state index in [0.29, 0.717) is 6.54 Å². The van der Waals surface area contributed by atoms with Crippen LogP contribution in [0.4, 0.5) is 0 Å². The average Bonchev–Trinajstić information content (AvgIpc) is 2.81. The van der Waals surface area contributed by atoms with Gasteiger partial charge in [-0.3, -0.25) is 14.6 Å². The van der Waals surface area contributed by atoms with E-state index in [9.17, 15) is 4.79 Å². The van der Waals surface area contributed by atoms with E-state index in [0.717, 1.165) is 44.0 Å². The van der Waals surface area contributed by atoms with Crippen LogP contribution in [0.15, 0.2) is 48.5 Å². The Hall–Kier alpha value is -1.88. The van der Waals surface area contributed by atoms with Gasteiger partial charge in [0.05, 0.1) is 5.92 Å².